The molecule has 1 heterocycles. The summed E-state index contributed by atoms with van der Waals surface area (Å²) in [6, 6.07) is 0.491. The standard InChI is InChI=1S/C6H13NS/c1-2-5-3-8-4-6(5)7/h5-6H,2-4,7H2,1H3. The lowest BCUT2D eigenvalue weighted by Crippen LogP contribution is -2.27. The van der Waals surface area contributed by atoms with Crippen molar-refractivity contribution < 1.29 is 0 Å². The molecule has 0 saturated carbocycles. The van der Waals surface area contributed by atoms with Crippen molar-refractivity contribution in [3.05, 3.63) is 0 Å². The van der Waals surface area contributed by atoms with Gasteiger partial charge in [0.25, 0.3) is 0 Å². The minimum atomic E-state index is 0.491. The maximum Gasteiger partial charge on any atom is 0.0166 e. The Morgan fingerprint density at radius 2 is 2.38 bits per heavy atom. The van der Waals surface area contributed by atoms with E-state index in [0.29, 0.717) is 6.04 Å². The Bertz CT molecular complexity index is 74.9. The smallest absolute Gasteiger partial charge is 0.0166 e. The first kappa shape index (κ1) is 6.43. The highest BCUT2D eigenvalue weighted by atomic mass is 32.2. The largest absolute Gasteiger partial charge is 0.327 e. The molecule has 8 heavy (non-hydrogen) atoms. The van der Waals surface area contributed by atoms with E-state index in [0.717, 1.165) is 5.92 Å². The van der Waals surface area contributed by atoms with E-state index in [-0.39, 0.29) is 0 Å². The summed E-state index contributed by atoms with van der Waals surface area (Å²) < 4.78 is 0. The van der Waals surface area contributed by atoms with Crippen LogP contribution in [-0.2, 0) is 0 Å². The minimum Gasteiger partial charge on any atom is -0.327 e. The van der Waals surface area contributed by atoms with E-state index in [1.807, 2.05) is 11.8 Å². The molecule has 0 aliphatic carbocycles. The molecule has 0 aromatic heterocycles. The molecule has 0 aromatic rings. The molecule has 1 aliphatic rings. The molecule has 2 atom stereocenters. The third kappa shape index (κ3) is 1.17. The van der Waals surface area contributed by atoms with Crippen molar-refractivity contribution in [3.8, 4) is 0 Å². The SMILES string of the molecule is CCC1CSCC1N. The van der Waals surface area contributed by atoms with E-state index >= 15 is 0 Å². The van der Waals surface area contributed by atoms with Gasteiger partial charge in [0.2, 0.25) is 0 Å². The van der Waals surface area contributed by atoms with Gasteiger partial charge in [0.05, 0.1) is 0 Å². The predicted molar refractivity (Wildman–Crippen MR) is 39.1 cm³/mol. The van der Waals surface area contributed by atoms with Crippen LogP contribution in [-0.4, -0.2) is 17.5 Å². The topological polar surface area (TPSA) is 26.0 Å². The van der Waals surface area contributed by atoms with Crippen LogP contribution in [0.15, 0.2) is 0 Å². The van der Waals surface area contributed by atoms with Crippen LogP contribution >= 0.6 is 11.8 Å². The van der Waals surface area contributed by atoms with Crippen molar-refractivity contribution in [2.45, 2.75) is 19.4 Å². The number of nitrogens with two attached hydrogens (primary N) is 1. The Balaban J connectivity index is 2.30. The summed E-state index contributed by atoms with van der Waals surface area (Å²) in [7, 11) is 0. The average Bonchev–Trinajstić information content (AvgIpc) is 2.14. The Kier molecular flexibility index (Phi) is 2.20. The molecule has 1 nitrogen and oxygen atoms in total. The van der Waals surface area contributed by atoms with Crippen molar-refractivity contribution in [2.75, 3.05) is 11.5 Å². The molecule has 0 bridgehead atoms. The Morgan fingerprint density at radius 1 is 1.62 bits per heavy atom. The van der Waals surface area contributed by atoms with Crippen molar-refractivity contribution in [2.24, 2.45) is 11.7 Å². The summed E-state index contributed by atoms with van der Waals surface area (Å²) in [6.07, 6.45) is 1.26. The predicted octanol–water partition coefficient (Wildman–Crippen LogP) is 1.09. The van der Waals surface area contributed by atoms with Crippen molar-refractivity contribution >= 4 is 11.8 Å². The molecule has 1 rings (SSSR count). The van der Waals surface area contributed by atoms with Gasteiger partial charge in [0.1, 0.15) is 0 Å². The monoisotopic (exact) mass is 131 g/mol. The van der Waals surface area contributed by atoms with E-state index in [2.05, 4.69) is 6.92 Å². The Labute approximate surface area is 55.0 Å². The van der Waals surface area contributed by atoms with E-state index in [1.54, 1.807) is 0 Å². The fraction of sp³-hybridized carbons (Fsp3) is 1.00. The molecule has 1 aliphatic heterocycles. The van der Waals surface area contributed by atoms with Gasteiger partial charge in [-0.15, -0.1) is 0 Å². The summed E-state index contributed by atoms with van der Waals surface area (Å²) in [5.41, 5.74) is 5.77. The maximum absolute atomic E-state index is 5.77. The third-order valence-corrected chi connectivity index (χ3v) is 3.06. The van der Waals surface area contributed by atoms with Gasteiger partial charge < -0.3 is 5.73 Å². The van der Waals surface area contributed by atoms with Gasteiger partial charge in [0, 0.05) is 11.8 Å². The third-order valence-electron chi connectivity index (χ3n) is 1.77. The van der Waals surface area contributed by atoms with Crippen molar-refractivity contribution in [3.63, 3.8) is 0 Å². The molecule has 48 valence electrons. The summed E-state index contributed by atoms with van der Waals surface area (Å²) in [4.78, 5) is 0. The van der Waals surface area contributed by atoms with Crippen LogP contribution < -0.4 is 5.73 Å². The zero-order chi connectivity index (χ0) is 5.98. The highest BCUT2D eigenvalue weighted by Crippen LogP contribution is 2.24. The number of hydrogen-bond donors (Lipinski definition) is 1. The highest BCUT2D eigenvalue weighted by molar-refractivity contribution is 7.99. The van der Waals surface area contributed by atoms with Gasteiger partial charge in [-0.2, -0.15) is 11.8 Å². The van der Waals surface area contributed by atoms with Crippen LogP contribution in [0.3, 0.4) is 0 Å². The second-order valence-corrected chi connectivity index (χ2v) is 3.44. The van der Waals surface area contributed by atoms with Gasteiger partial charge in [-0.25, -0.2) is 0 Å². The lowest BCUT2D eigenvalue weighted by molar-refractivity contribution is 0.502. The normalized spacial score (nSPS) is 38.2. The van der Waals surface area contributed by atoms with Crippen molar-refractivity contribution in [1.29, 1.82) is 0 Å². The maximum atomic E-state index is 5.77. The zero-order valence-electron chi connectivity index (χ0n) is 5.26. The number of rotatable bonds is 1. The molecule has 2 N–H and O–H groups in total. The van der Waals surface area contributed by atoms with Crippen LogP contribution in [0.5, 0.6) is 0 Å². The van der Waals surface area contributed by atoms with Crippen LogP contribution in [0.4, 0.5) is 0 Å². The van der Waals surface area contributed by atoms with Gasteiger partial charge in [0.15, 0.2) is 0 Å². The van der Waals surface area contributed by atoms with E-state index in [4.69, 9.17) is 5.73 Å². The molecule has 0 amide bonds. The van der Waals surface area contributed by atoms with Gasteiger partial charge in [-0.3, -0.25) is 0 Å². The quantitative estimate of drug-likeness (QED) is 0.576. The lowest BCUT2D eigenvalue weighted by atomic mass is 10.0. The van der Waals surface area contributed by atoms with Crippen LogP contribution in [0.25, 0.3) is 0 Å². The first-order valence-electron chi connectivity index (χ1n) is 3.18. The molecule has 1 saturated heterocycles. The second-order valence-electron chi connectivity index (χ2n) is 2.37. The van der Waals surface area contributed by atoms with Crippen LogP contribution in [0.1, 0.15) is 13.3 Å². The fourth-order valence-electron chi connectivity index (χ4n) is 1.04. The minimum absolute atomic E-state index is 0.491. The fourth-order valence-corrected chi connectivity index (χ4v) is 2.50. The molecular formula is C6H13NS. The van der Waals surface area contributed by atoms with Crippen LogP contribution in [0.2, 0.25) is 0 Å². The highest BCUT2D eigenvalue weighted by Gasteiger charge is 2.21. The first-order valence-corrected chi connectivity index (χ1v) is 4.33. The molecule has 2 unspecified atom stereocenters. The van der Waals surface area contributed by atoms with E-state index in [1.165, 1.54) is 17.9 Å². The molecule has 1 fully saturated rings. The molecule has 0 spiro atoms. The summed E-state index contributed by atoms with van der Waals surface area (Å²) in [5.74, 6) is 3.27. The van der Waals surface area contributed by atoms with Crippen LogP contribution in [0, 0.1) is 5.92 Å². The van der Waals surface area contributed by atoms with Gasteiger partial charge in [-0.1, -0.05) is 13.3 Å². The summed E-state index contributed by atoms with van der Waals surface area (Å²) >= 11 is 1.99. The summed E-state index contributed by atoms with van der Waals surface area (Å²) in [6.45, 7) is 2.22. The Hall–Kier alpha value is 0.310. The van der Waals surface area contributed by atoms with E-state index < -0.39 is 0 Å². The van der Waals surface area contributed by atoms with Crippen molar-refractivity contribution in [1.82, 2.24) is 0 Å². The zero-order valence-corrected chi connectivity index (χ0v) is 6.08. The lowest BCUT2D eigenvalue weighted by Gasteiger charge is -2.09. The second kappa shape index (κ2) is 2.74. The number of hydrogen-bond acceptors (Lipinski definition) is 2. The molecule has 0 aromatic carbocycles. The van der Waals surface area contributed by atoms with Gasteiger partial charge in [-0.05, 0) is 11.7 Å². The van der Waals surface area contributed by atoms with E-state index in [9.17, 15) is 0 Å². The first-order chi connectivity index (χ1) is 3.84. The number of thioether (sulfide) groups is 1. The molecule has 2 heteroatoms. The Morgan fingerprint density at radius 3 is 2.62 bits per heavy atom. The van der Waals surface area contributed by atoms with Gasteiger partial charge >= 0.3 is 0 Å². The average molecular weight is 131 g/mol. The summed E-state index contributed by atoms with van der Waals surface area (Å²) in [5, 5.41) is 0. The molecular weight excluding hydrogens is 118 g/mol. The molecule has 0 radical (unpaired) electrons.